The van der Waals surface area contributed by atoms with Crippen LogP contribution >= 0.6 is 0 Å². The molecule has 1 amide bonds. The number of ether oxygens (including phenoxy) is 3. The van der Waals surface area contributed by atoms with Crippen LogP contribution in [0.15, 0.2) is 42.5 Å². The molecule has 0 radical (unpaired) electrons. The molecular formula is C18H19NO5. The van der Waals surface area contributed by atoms with Crippen LogP contribution < -0.4 is 19.5 Å². The normalized spacial score (nSPS) is 9.96. The lowest BCUT2D eigenvalue weighted by atomic mass is 10.2. The minimum Gasteiger partial charge on any atom is -0.493 e. The fourth-order valence-corrected chi connectivity index (χ4v) is 2.06. The van der Waals surface area contributed by atoms with Crippen molar-refractivity contribution in [1.82, 2.24) is 5.32 Å². The van der Waals surface area contributed by atoms with Crippen molar-refractivity contribution in [3.63, 3.8) is 0 Å². The van der Waals surface area contributed by atoms with Gasteiger partial charge in [0, 0.05) is 5.56 Å². The summed E-state index contributed by atoms with van der Waals surface area (Å²) in [6.45, 7) is 1.60. The Bertz CT molecular complexity index is 742. The molecule has 6 nitrogen and oxygen atoms in total. The highest BCUT2D eigenvalue weighted by Gasteiger charge is 2.13. The molecule has 0 aliphatic carbocycles. The molecule has 0 atom stereocenters. The van der Waals surface area contributed by atoms with Crippen LogP contribution in [0.1, 0.15) is 15.9 Å². The third-order valence-electron chi connectivity index (χ3n) is 3.36. The Kier molecular flexibility index (Phi) is 5.78. The van der Waals surface area contributed by atoms with Gasteiger partial charge >= 0.3 is 5.97 Å². The van der Waals surface area contributed by atoms with Gasteiger partial charge < -0.3 is 19.5 Å². The molecule has 0 fully saturated rings. The summed E-state index contributed by atoms with van der Waals surface area (Å²) >= 11 is 0. The Morgan fingerprint density at radius 3 is 2.33 bits per heavy atom. The summed E-state index contributed by atoms with van der Waals surface area (Å²) in [6, 6.07) is 11.9. The van der Waals surface area contributed by atoms with Crippen LogP contribution in [0, 0.1) is 6.92 Å². The van der Waals surface area contributed by atoms with Crippen molar-refractivity contribution in [3.8, 4) is 17.2 Å². The Balaban J connectivity index is 1.95. The van der Waals surface area contributed by atoms with E-state index >= 15 is 0 Å². The van der Waals surface area contributed by atoms with Crippen molar-refractivity contribution in [1.29, 1.82) is 0 Å². The van der Waals surface area contributed by atoms with E-state index in [1.807, 2.05) is 19.1 Å². The van der Waals surface area contributed by atoms with Crippen molar-refractivity contribution < 1.29 is 23.8 Å². The summed E-state index contributed by atoms with van der Waals surface area (Å²) in [5.74, 6) is 0.485. The quantitative estimate of drug-likeness (QED) is 0.650. The smallest absolute Gasteiger partial charge is 0.330 e. The Morgan fingerprint density at radius 2 is 1.67 bits per heavy atom. The molecule has 0 saturated carbocycles. The van der Waals surface area contributed by atoms with Gasteiger partial charge in [-0.1, -0.05) is 18.2 Å². The van der Waals surface area contributed by atoms with E-state index < -0.39 is 11.9 Å². The highest BCUT2D eigenvalue weighted by Crippen LogP contribution is 2.27. The van der Waals surface area contributed by atoms with Crippen LogP contribution in [0.2, 0.25) is 0 Å². The summed E-state index contributed by atoms with van der Waals surface area (Å²) in [5, 5.41) is 2.52. The van der Waals surface area contributed by atoms with Crippen LogP contribution in [0.3, 0.4) is 0 Å². The zero-order valence-electron chi connectivity index (χ0n) is 13.8. The van der Waals surface area contributed by atoms with Gasteiger partial charge in [-0.2, -0.15) is 0 Å². The van der Waals surface area contributed by atoms with E-state index in [-0.39, 0.29) is 6.54 Å². The summed E-state index contributed by atoms with van der Waals surface area (Å²) in [4.78, 5) is 24.0. The van der Waals surface area contributed by atoms with Crippen LogP contribution in [0.4, 0.5) is 0 Å². The molecule has 2 aromatic rings. The number of hydrogen-bond acceptors (Lipinski definition) is 5. The monoisotopic (exact) mass is 329 g/mol. The molecule has 0 heterocycles. The molecule has 0 aliphatic heterocycles. The number of hydrogen-bond donors (Lipinski definition) is 1. The molecule has 0 bridgehead atoms. The zero-order chi connectivity index (χ0) is 17.5. The lowest BCUT2D eigenvalue weighted by molar-refractivity contribution is -0.133. The Hall–Kier alpha value is -3.02. The lowest BCUT2D eigenvalue weighted by Gasteiger charge is -2.10. The second-order valence-corrected chi connectivity index (χ2v) is 4.99. The molecule has 0 aromatic heterocycles. The number of methoxy groups -OCH3 is 2. The topological polar surface area (TPSA) is 73.9 Å². The van der Waals surface area contributed by atoms with Crippen LogP contribution in [-0.4, -0.2) is 32.6 Å². The van der Waals surface area contributed by atoms with Crippen LogP contribution in [-0.2, 0) is 4.79 Å². The molecule has 126 valence electrons. The van der Waals surface area contributed by atoms with Gasteiger partial charge in [-0.25, -0.2) is 4.79 Å². The van der Waals surface area contributed by atoms with Crippen molar-refractivity contribution in [3.05, 3.63) is 53.6 Å². The molecule has 0 spiro atoms. The molecule has 0 unspecified atom stereocenters. The van der Waals surface area contributed by atoms with Crippen molar-refractivity contribution in [2.45, 2.75) is 6.92 Å². The summed E-state index contributed by atoms with van der Waals surface area (Å²) in [6.07, 6.45) is 0. The molecule has 6 heteroatoms. The van der Waals surface area contributed by atoms with Gasteiger partial charge in [0.15, 0.2) is 11.5 Å². The van der Waals surface area contributed by atoms with Gasteiger partial charge in [-0.3, -0.25) is 4.79 Å². The number of esters is 1. The second-order valence-electron chi connectivity index (χ2n) is 4.99. The number of para-hydroxylation sites is 1. The zero-order valence-corrected chi connectivity index (χ0v) is 13.8. The number of amides is 1. The first-order valence-corrected chi connectivity index (χ1v) is 7.31. The van der Waals surface area contributed by atoms with Gasteiger partial charge in [0.1, 0.15) is 12.3 Å². The number of aryl methyl sites for hydroxylation is 1. The third kappa shape index (κ3) is 4.25. The minimum atomic E-state index is -0.543. The first-order valence-electron chi connectivity index (χ1n) is 7.31. The number of carbonyl (C=O) groups excluding carboxylic acids is 2. The van der Waals surface area contributed by atoms with E-state index in [4.69, 9.17) is 14.2 Å². The fraction of sp³-hybridized carbons (Fsp3) is 0.222. The Morgan fingerprint density at radius 1 is 0.958 bits per heavy atom. The molecule has 2 rings (SSSR count). The van der Waals surface area contributed by atoms with E-state index in [0.717, 1.165) is 5.56 Å². The number of benzene rings is 2. The molecule has 24 heavy (non-hydrogen) atoms. The average molecular weight is 329 g/mol. The average Bonchev–Trinajstić information content (AvgIpc) is 2.61. The maximum atomic E-state index is 12.1. The SMILES string of the molecule is COc1ccc(C(=O)NCC(=O)Oc2ccccc2C)cc1OC. The summed E-state index contributed by atoms with van der Waals surface area (Å²) in [5.41, 5.74) is 1.20. The van der Waals surface area contributed by atoms with Crippen molar-refractivity contribution in [2.24, 2.45) is 0 Å². The maximum absolute atomic E-state index is 12.1. The highest BCUT2D eigenvalue weighted by atomic mass is 16.5. The van der Waals surface area contributed by atoms with E-state index in [0.29, 0.717) is 22.8 Å². The fourth-order valence-electron chi connectivity index (χ4n) is 2.06. The van der Waals surface area contributed by atoms with Crippen molar-refractivity contribution >= 4 is 11.9 Å². The Labute approximate surface area is 140 Å². The van der Waals surface area contributed by atoms with Crippen LogP contribution in [0.25, 0.3) is 0 Å². The van der Waals surface area contributed by atoms with Gasteiger partial charge in [0.25, 0.3) is 5.91 Å². The number of rotatable bonds is 6. The van der Waals surface area contributed by atoms with E-state index in [9.17, 15) is 9.59 Å². The van der Waals surface area contributed by atoms with Gasteiger partial charge in [0.2, 0.25) is 0 Å². The lowest BCUT2D eigenvalue weighted by Crippen LogP contribution is -2.32. The molecular weight excluding hydrogens is 310 g/mol. The van der Waals surface area contributed by atoms with Gasteiger partial charge in [-0.05, 0) is 36.8 Å². The first-order chi connectivity index (χ1) is 11.5. The molecule has 0 aliphatic rings. The number of nitrogens with one attached hydrogen (secondary N) is 1. The number of carbonyl (C=O) groups is 2. The van der Waals surface area contributed by atoms with E-state index in [1.165, 1.54) is 14.2 Å². The van der Waals surface area contributed by atoms with Gasteiger partial charge in [-0.15, -0.1) is 0 Å². The second kappa shape index (κ2) is 8.01. The van der Waals surface area contributed by atoms with E-state index in [2.05, 4.69) is 5.32 Å². The molecule has 0 saturated heterocycles. The minimum absolute atomic E-state index is 0.235. The van der Waals surface area contributed by atoms with Crippen LogP contribution in [0.5, 0.6) is 17.2 Å². The summed E-state index contributed by atoms with van der Waals surface area (Å²) < 4.78 is 15.5. The van der Waals surface area contributed by atoms with Gasteiger partial charge in [0.05, 0.1) is 14.2 Å². The largest absolute Gasteiger partial charge is 0.493 e. The predicted octanol–water partition coefficient (Wildman–Crippen LogP) is 2.35. The predicted molar refractivity (Wildman–Crippen MR) is 88.7 cm³/mol. The standard InChI is InChI=1S/C18H19NO5/c1-12-6-4-5-7-14(12)24-17(20)11-19-18(21)13-8-9-15(22-2)16(10-13)23-3/h4-10H,11H2,1-3H3,(H,19,21). The first kappa shape index (κ1) is 17.3. The third-order valence-corrected chi connectivity index (χ3v) is 3.36. The highest BCUT2D eigenvalue weighted by molar-refractivity contribution is 5.96. The van der Waals surface area contributed by atoms with E-state index in [1.54, 1.807) is 30.3 Å². The maximum Gasteiger partial charge on any atom is 0.330 e. The summed E-state index contributed by atoms with van der Waals surface area (Å²) in [7, 11) is 3.00. The van der Waals surface area contributed by atoms with Crippen molar-refractivity contribution in [2.75, 3.05) is 20.8 Å². The molecule has 1 N–H and O–H groups in total. The molecule has 2 aromatic carbocycles.